The van der Waals surface area contributed by atoms with Crippen molar-refractivity contribution in [2.75, 3.05) is 18.8 Å². The molecule has 1 N–H and O–H groups in total. The summed E-state index contributed by atoms with van der Waals surface area (Å²) in [6.45, 7) is 2.36. The lowest BCUT2D eigenvalue weighted by Gasteiger charge is -2.21. The lowest BCUT2D eigenvalue weighted by atomic mass is 10.0. The van der Waals surface area contributed by atoms with Crippen molar-refractivity contribution >= 4 is 27.7 Å². The summed E-state index contributed by atoms with van der Waals surface area (Å²) >= 11 is 5.27. The summed E-state index contributed by atoms with van der Waals surface area (Å²) in [6, 6.07) is 6.09. The second-order valence-electron chi connectivity index (χ2n) is 3.80. The average Bonchev–Trinajstić information content (AvgIpc) is 2.28. The largest absolute Gasteiger partial charge is 0.317 e. The number of nitrogens with zero attached hydrogens (tertiary/aromatic N) is 1. The molecule has 1 saturated heterocycles. The van der Waals surface area contributed by atoms with Gasteiger partial charge in [0.15, 0.2) is 0 Å². The standard InChI is InChI=1S/C11H15BrN2S/c12-10-2-1-3-11(14-10)15-8-9-4-6-13-7-5-9/h1-3,9,13H,4-8H2. The monoisotopic (exact) mass is 286 g/mol. The van der Waals surface area contributed by atoms with Gasteiger partial charge in [-0.05, 0) is 59.9 Å². The third kappa shape index (κ3) is 3.78. The highest BCUT2D eigenvalue weighted by molar-refractivity contribution is 9.10. The highest BCUT2D eigenvalue weighted by atomic mass is 79.9. The Morgan fingerprint density at radius 1 is 1.40 bits per heavy atom. The smallest absolute Gasteiger partial charge is 0.107 e. The third-order valence-electron chi connectivity index (χ3n) is 2.62. The van der Waals surface area contributed by atoms with Crippen LogP contribution < -0.4 is 5.32 Å². The van der Waals surface area contributed by atoms with Crippen LogP contribution in [0.1, 0.15) is 12.8 Å². The molecular formula is C11H15BrN2S. The number of piperidine rings is 1. The van der Waals surface area contributed by atoms with Crippen molar-refractivity contribution in [1.29, 1.82) is 0 Å². The first kappa shape index (κ1) is 11.4. The molecule has 82 valence electrons. The quantitative estimate of drug-likeness (QED) is 0.683. The van der Waals surface area contributed by atoms with Gasteiger partial charge >= 0.3 is 0 Å². The summed E-state index contributed by atoms with van der Waals surface area (Å²) in [4.78, 5) is 4.42. The maximum atomic E-state index is 4.42. The zero-order valence-electron chi connectivity index (χ0n) is 8.58. The van der Waals surface area contributed by atoms with E-state index in [1.165, 1.54) is 31.7 Å². The van der Waals surface area contributed by atoms with Crippen LogP contribution in [-0.2, 0) is 0 Å². The lowest BCUT2D eigenvalue weighted by molar-refractivity contribution is 0.408. The summed E-state index contributed by atoms with van der Waals surface area (Å²) < 4.78 is 0.929. The maximum Gasteiger partial charge on any atom is 0.107 e. The van der Waals surface area contributed by atoms with Gasteiger partial charge in [0.1, 0.15) is 4.60 Å². The Morgan fingerprint density at radius 3 is 2.93 bits per heavy atom. The molecule has 2 nitrogen and oxygen atoms in total. The van der Waals surface area contributed by atoms with E-state index >= 15 is 0 Å². The summed E-state index contributed by atoms with van der Waals surface area (Å²) in [7, 11) is 0. The van der Waals surface area contributed by atoms with E-state index in [0.29, 0.717) is 0 Å². The third-order valence-corrected chi connectivity index (χ3v) is 4.22. The van der Waals surface area contributed by atoms with E-state index in [1.807, 2.05) is 23.9 Å². The van der Waals surface area contributed by atoms with E-state index in [4.69, 9.17) is 0 Å². The molecule has 0 amide bonds. The van der Waals surface area contributed by atoms with Crippen LogP contribution in [0.4, 0.5) is 0 Å². The van der Waals surface area contributed by atoms with E-state index in [2.05, 4.69) is 32.3 Å². The number of aromatic nitrogens is 1. The van der Waals surface area contributed by atoms with Gasteiger partial charge in [0.25, 0.3) is 0 Å². The SMILES string of the molecule is Brc1cccc(SCC2CCNCC2)n1. The fourth-order valence-corrected chi connectivity index (χ4v) is 3.26. The Balaban J connectivity index is 1.81. The number of halogens is 1. The molecule has 2 heterocycles. The van der Waals surface area contributed by atoms with Crippen molar-refractivity contribution in [3.8, 4) is 0 Å². The summed E-state index contributed by atoms with van der Waals surface area (Å²) in [5.74, 6) is 2.06. The molecule has 0 bridgehead atoms. The van der Waals surface area contributed by atoms with Gasteiger partial charge in [0.05, 0.1) is 5.03 Å². The van der Waals surface area contributed by atoms with Crippen LogP contribution in [0.5, 0.6) is 0 Å². The van der Waals surface area contributed by atoms with Gasteiger partial charge in [0.2, 0.25) is 0 Å². The van der Waals surface area contributed by atoms with Crippen molar-refractivity contribution in [3.05, 3.63) is 22.8 Å². The molecule has 0 spiro atoms. The Morgan fingerprint density at radius 2 is 2.20 bits per heavy atom. The zero-order valence-corrected chi connectivity index (χ0v) is 11.0. The molecule has 1 aliphatic heterocycles. The molecule has 1 fully saturated rings. The molecule has 0 unspecified atom stereocenters. The van der Waals surface area contributed by atoms with E-state index in [1.54, 1.807) is 0 Å². The molecule has 0 saturated carbocycles. The Labute approximate surface area is 103 Å². The molecule has 0 aliphatic carbocycles. The summed E-state index contributed by atoms with van der Waals surface area (Å²) in [5.41, 5.74) is 0. The number of thioether (sulfide) groups is 1. The Hall–Kier alpha value is -0.0600. The van der Waals surface area contributed by atoms with Gasteiger partial charge in [-0.2, -0.15) is 0 Å². The highest BCUT2D eigenvalue weighted by Gasteiger charge is 2.13. The van der Waals surface area contributed by atoms with Gasteiger partial charge in [-0.25, -0.2) is 4.98 Å². The number of hydrogen-bond donors (Lipinski definition) is 1. The maximum absolute atomic E-state index is 4.42. The minimum Gasteiger partial charge on any atom is -0.317 e. The van der Waals surface area contributed by atoms with Crippen LogP contribution in [-0.4, -0.2) is 23.8 Å². The van der Waals surface area contributed by atoms with Crippen LogP contribution in [0.15, 0.2) is 27.8 Å². The molecule has 0 aromatic carbocycles. The van der Waals surface area contributed by atoms with Crippen molar-refractivity contribution < 1.29 is 0 Å². The molecule has 0 atom stereocenters. The normalized spacial score (nSPS) is 17.9. The van der Waals surface area contributed by atoms with Gasteiger partial charge in [0, 0.05) is 5.75 Å². The van der Waals surface area contributed by atoms with Gasteiger partial charge in [-0.15, -0.1) is 11.8 Å². The molecule has 2 rings (SSSR count). The Bertz CT molecular complexity index is 313. The van der Waals surface area contributed by atoms with Crippen LogP contribution in [0.2, 0.25) is 0 Å². The molecule has 1 aromatic heterocycles. The predicted molar refractivity (Wildman–Crippen MR) is 68.3 cm³/mol. The topological polar surface area (TPSA) is 24.9 Å². The van der Waals surface area contributed by atoms with E-state index in [0.717, 1.165) is 15.5 Å². The number of nitrogens with one attached hydrogen (secondary N) is 1. The van der Waals surface area contributed by atoms with Crippen molar-refractivity contribution in [2.45, 2.75) is 17.9 Å². The van der Waals surface area contributed by atoms with Crippen molar-refractivity contribution in [1.82, 2.24) is 10.3 Å². The van der Waals surface area contributed by atoms with Crippen LogP contribution in [0, 0.1) is 5.92 Å². The van der Waals surface area contributed by atoms with E-state index in [9.17, 15) is 0 Å². The molecule has 15 heavy (non-hydrogen) atoms. The number of pyridine rings is 1. The zero-order chi connectivity index (χ0) is 10.5. The molecule has 1 aliphatic rings. The van der Waals surface area contributed by atoms with E-state index < -0.39 is 0 Å². The summed E-state index contributed by atoms with van der Waals surface area (Å²) in [5, 5.41) is 4.52. The van der Waals surface area contributed by atoms with Crippen LogP contribution >= 0.6 is 27.7 Å². The first-order valence-corrected chi connectivity index (χ1v) is 7.08. The van der Waals surface area contributed by atoms with Crippen LogP contribution in [0.3, 0.4) is 0 Å². The summed E-state index contributed by atoms with van der Waals surface area (Å²) in [6.07, 6.45) is 2.61. The van der Waals surface area contributed by atoms with Gasteiger partial charge in [-0.3, -0.25) is 0 Å². The first-order chi connectivity index (χ1) is 7.34. The van der Waals surface area contributed by atoms with Crippen LogP contribution in [0.25, 0.3) is 0 Å². The lowest BCUT2D eigenvalue weighted by Crippen LogP contribution is -2.28. The van der Waals surface area contributed by atoms with Gasteiger partial charge < -0.3 is 5.32 Å². The second-order valence-corrected chi connectivity index (χ2v) is 5.66. The second kappa shape index (κ2) is 5.87. The molecule has 4 heteroatoms. The predicted octanol–water partition coefficient (Wildman–Crippen LogP) is 2.94. The minimum absolute atomic E-state index is 0.858. The number of hydrogen-bond acceptors (Lipinski definition) is 3. The fraction of sp³-hybridized carbons (Fsp3) is 0.545. The fourth-order valence-electron chi connectivity index (χ4n) is 1.72. The highest BCUT2D eigenvalue weighted by Crippen LogP contribution is 2.24. The first-order valence-electron chi connectivity index (χ1n) is 5.30. The van der Waals surface area contributed by atoms with Crippen molar-refractivity contribution in [3.63, 3.8) is 0 Å². The minimum atomic E-state index is 0.858. The van der Waals surface area contributed by atoms with Gasteiger partial charge in [-0.1, -0.05) is 6.07 Å². The van der Waals surface area contributed by atoms with Crippen molar-refractivity contribution in [2.24, 2.45) is 5.92 Å². The molecular weight excluding hydrogens is 272 g/mol. The Kier molecular flexibility index (Phi) is 4.47. The number of rotatable bonds is 3. The molecule has 0 radical (unpaired) electrons. The average molecular weight is 287 g/mol. The van der Waals surface area contributed by atoms with E-state index in [-0.39, 0.29) is 0 Å². The molecule has 1 aromatic rings.